The van der Waals surface area contributed by atoms with Crippen LogP contribution in [0.15, 0.2) is 58.6 Å². The van der Waals surface area contributed by atoms with Gasteiger partial charge in [-0.05, 0) is 54.3 Å². The number of hydrogen-bond donors (Lipinski definition) is 0. The summed E-state index contributed by atoms with van der Waals surface area (Å²) in [6.07, 6.45) is 2.06. The maximum absolute atomic E-state index is 13.7. The fourth-order valence-electron chi connectivity index (χ4n) is 2.99. The Labute approximate surface area is 187 Å². The number of amides is 1. The number of aryl methyl sites for hydroxylation is 2. The molecule has 0 fully saturated rings. The number of benzene rings is 1. The van der Waals surface area contributed by atoms with E-state index in [1.807, 2.05) is 24.4 Å². The van der Waals surface area contributed by atoms with E-state index in [1.165, 1.54) is 12.1 Å². The molecule has 158 valence electrons. The SMILES string of the molecule is Cc1ccsc1CN(C(=O)CCc1nc(-c2ccccn2)no1)c1ccc(F)c(Cl)c1. The standard InChI is InChI=1S/C22H18ClFN4O2S/c1-14-9-11-31-19(14)13-28(15-5-6-17(24)16(23)12-15)21(29)8-7-20-26-22(27-30-20)18-4-2-3-10-25-18/h2-6,9-12H,7-8,13H2,1H3. The van der Waals surface area contributed by atoms with Crippen molar-refractivity contribution in [3.8, 4) is 11.5 Å². The maximum atomic E-state index is 13.7. The smallest absolute Gasteiger partial charge is 0.227 e. The van der Waals surface area contributed by atoms with Crippen LogP contribution in [0, 0.1) is 12.7 Å². The highest BCUT2D eigenvalue weighted by Crippen LogP contribution is 2.27. The van der Waals surface area contributed by atoms with Crippen molar-refractivity contribution in [2.45, 2.75) is 26.3 Å². The lowest BCUT2D eigenvalue weighted by Crippen LogP contribution is -2.30. The molecule has 0 spiro atoms. The van der Waals surface area contributed by atoms with Crippen LogP contribution in [0.2, 0.25) is 5.02 Å². The van der Waals surface area contributed by atoms with Crippen LogP contribution in [-0.2, 0) is 17.8 Å². The number of carbonyl (C=O) groups excluding carboxylic acids is 1. The van der Waals surface area contributed by atoms with Crippen molar-refractivity contribution in [2.75, 3.05) is 4.90 Å². The third-order valence-corrected chi connectivity index (χ3v) is 6.00. The lowest BCUT2D eigenvalue weighted by Gasteiger charge is -2.23. The lowest BCUT2D eigenvalue weighted by molar-refractivity contribution is -0.118. The van der Waals surface area contributed by atoms with Gasteiger partial charge in [-0.15, -0.1) is 11.3 Å². The highest BCUT2D eigenvalue weighted by molar-refractivity contribution is 7.10. The maximum Gasteiger partial charge on any atom is 0.227 e. The number of hydrogen-bond acceptors (Lipinski definition) is 6. The molecule has 1 amide bonds. The summed E-state index contributed by atoms with van der Waals surface area (Å²) in [4.78, 5) is 24.3. The highest BCUT2D eigenvalue weighted by atomic mass is 35.5. The van der Waals surface area contributed by atoms with Gasteiger partial charge in [0.1, 0.15) is 11.5 Å². The summed E-state index contributed by atoms with van der Waals surface area (Å²) < 4.78 is 18.9. The molecule has 0 aliphatic carbocycles. The molecule has 1 aromatic carbocycles. The van der Waals surface area contributed by atoms with Gasteiger partial charge >= 0.3 is 0 Å². The van der Waals surface area contributed by atoms with E-state index >= 15 is 0 Å². The van der Waals surface area contributed by atoms with E-state index in [0.29, 0.717) is 29.6 Å². The number of anilines is 1. The zero-order valence-corrected chi connectivity index (χ0v) is 18.2. The van der Waals surface area contributed by atoms with E-state index in [9.17, 15) is 9.18 Å². The molecule has 3 heterocycles. The van der Waals surface area contributed by atoms with Gasteiger partial charge < -0.3 is 9.42 Å². The molecule has 3 aromatic heterocycles. The van der Waals surface area contributed by atoms with E-state index in [4.69, 9.17) is 16.1 Å². The molecule has 0 aliphatic heterocycles. The second-order valence-electron chi connectivity index (χ2n) is 6.83. The lowest BCUT2D eigenvalue weighted by atomic mass is 10.2. The Morgan fingerprint density at radius 3 is 2.84 bits per heavy atom. The molecular formula is C22H18ClFN4O2S. The molecule has 0 unspecified atom stereocenters. The van der Waals surface area contributed by atoms with Gasteiger partial charge in [0.05, 0.1) is 11.6 Å². The van der Waals surface area contributed by atoms with Gasteiger partial charge in [-0.25, -0.2) is 4.39 Å². The van der Waals surface area contributed by atoms with E-state index in [-0.39, 0.29) is 23.8 Å². The first kappa shape index (κ1) is 21.1. The Kier molecular flexibility index (Phi) is 6.39. The van der Waals surface area contributed by atoms with Gasteiger partial charge in [0.2, 0.25) is 17.6 Å². The molecule has 0 atom stereocenters. The molecular weight excluding hydrogens is 439 g/mol. The first-order valence-electron chi connectivity index (χ1n) is 9.53. The Bertz CT molecular complexity index is 1200. The minimum atomic E-state index is -0.530. The van der Waals surface area contributed by atoms with Crippen LogP contribution in [-0.4, -0.2) is 21.0 Å². The molecule has 31 heavy (non-hydrogen) atoms. The topological polar surface area (TPSA) is 72.1 Å². The molecule has 0 radical (unpaired) electrons. The zero-order chi connectivity index (χ0) is 21.8. The van der Waals surface area contributed by atoms with Crippen LogP contribution >= 0.6 is 22.9 Å². The number of rotatable bonds is 7. The summed E-state index contributed by atoms with van der Waals surface area (Å²) in [5.74, 6) is 0.0314. The summed E-state index contributed by atoms with van der Waals surface area (Å²) in [7, 11) is 0. The predicted molar refractivity (Wildman–Crippen MR) is 118 cm³/mol. The van der Waals surface area contributed by atoms with Crippen molar-refractivity contribution >= 4 is 34.5 Å². The van der Waals surface area contributed by atoms with E-state index in [1.54, 1.807) is 40.6 Å². The van der Waals surface area contributed by atoms with Gasteiger partial charge in [0, 0.05) is 29.6 Å². The predicted octanol–water partition coefficient (Wildman–Crippen LogP) is 5.46. The highest BCUT2D eigenvalue weighted by Gasteiger charge is 2.20. The summed E-state index contributed by atoms with van der Waals surface area (Å²) in [6.45, 7) is 2.36. The Balaban J connectivity index is 1.51. The average Bonchev–Trinajstić information content (AvgIpc) is 3.42. The largest absolute Gasteiger partial charge is 0.339 e. The third kappa shape index (κ3) is 4.98. The molecule has 9 heteroatoms. The van der Waals surface area contributed by atoms with Gasteiger partial charge in [0.15, 0.2) is 0 Å². The number of aromatic nitrogens is 3. The molecule has 0 saturated heterocycles. The van der Waals surface area contributed by atoms with E-state index in [0.717, 1.165) is 10.4 Å². The van der Waals surface area contributed by atoms with Crippen molar-refractivity contribution in [3.05, 3.63) is 81.2 Å². The van der Waals surface area contributed by atoms with Gasteiger partial charge in [0.25, 0.3) is 0 Å². The van der Waals surface area contributed by atoms with Crippen molar-refractivity contribution in [3.63, 3.8) is 0 Å². The average molecular weight is 457 g/mol. The van der Waals surface area contributed by atoms with Crippen LogP contribution in [0.4, 0.5) is 10.1 Å². The normalized spacial score (nSPS) is 10.9. The van der Waals surface area contributed by atoms with Crippen molar-refractivity contribution in [1.29, 1.82) is 0 Å². The van der Waals surface area contributed by atoms with Gasteiger partial charge in [-0.1, -0.05) is 22.8 Å². The number of halogens is 2. The van der Waals surface area contributed by atoms with Crippen molar-refractivity contribution < 1.29 is 13.7 Å². The molecule has 4 aromatic rings. The van der Waals surface area contributed by atoms with Crippen LogP contribution < -0.4 is 4.90 Å². The zero-order valence-electron chi connectivity index (χ0n) is 16.6. The van der Waals surface area contributed by atoms with Crippen LogP contribution in [0.5, 0.6) is 0 Å². The Morgan fingerprint density at radius 1 is 1.26 bits per heavy atom. The molecule has 4 rings (SSSR count). The number of thiophene rings is 1. The quantitative estimate of drug-likeness (QED) is 0.369. The van der Waals surface area contributed by atoms with E-state index in [2.05, 4.69) is 15.1 Å². The van der Waals surface area contributed by atoms with Crippen LogP contribution in [0.3, 0.4) is 0 Å². The molecule has 0 aliphatic rings. The van der Waals surface area contributed by atoms with E-state index < -0.39 is 5.82 Å². The number of nitrogens with zero attached hydrogens (tertiary/aromatic N) is 4. The van der Waals surface area contributed by atoms with Crippen molar-refractivity contribution in [2.24, 2.45) is 0 Å². The first-order chi connectivity index (χ1) is 15.0. The minimum absolute atomic E-state index is 0.0323. The fraction of sp³-hybridized carbons (Fsp3) is 0.182. The summed E-state index contributed by atoms with van der Waals surface area (Å²) in [5, 5.41) is 5.87. The number of carbonyl (C=O) groups is 1. The molecule has 0 bridgehead atoms. The Hall–Kier alpha value is -3.10. The van der Waals surface area contributed by atoms with Crippen molar-refractivity contribution in [1.82, 2.24) is 15.1 Å². The van der Waals surface area contributed by atoms with Gasteiger partial charge in [-0.2, -0.15) is 4.98 Å². The fourth-order valence-corrected chi connectivity index (χ4v) is 4.06. The molecule has 6 nitrogen and oxygen atoms in total. The summed E-state index contributed by atoms with van der Waals surface area (Å²) >= 11 is 7.52. The number of pyridine rings is 1. The monoisotopic (exact) mass is 456 g/mol. The second-order valence-corrected chi connectivity index (χ2v) is 8.24. The Morgan fingerprint density at radius 2 is 2.13 bits per heavy atom. The minimum Gasteiger partial charge on any atom is -0.339 e. The first-order valence-corrected chi connectivity index (χ1v) is 10.8. The summed E-state index contributed by atoms with van der Waals surface area (Å²) in [6, 6.07) is 11.7. The van der Waals surface area contributed by atoms with Crippen LogP contribution in [0.1, 0.15) is 22.8 Å². The van der Waals surface area contributed by atoms with Crippen LogP contribution in [0.25, 0.3) is 11.5 Å². The summed E-state index contributed by atoms with van der Waals surface area (Å²) in [5.41, 5.74) is 2.22. The van der Waals surface area contributed by atoms with Gasteiger partial charge in [-0.3, -0.25) is 9.78 Å². The molecule has 0 saturated carbocycles. The molecule has 0 N–H and O–H groups in total. The second kappa shape index (κ2) is 9.36. The third-order valence-electron chi connectivity index (χ3n) is 4.70.